The molecule has 1 fully saturated rings. The van der Waals surface area contributed by atoms with Crippen LogP contribution in [0.25, 0.3) is 0 Å². The fourth-order valence-corrected chi connectivity index (χ4v) is 3.20. The Labute approximate surface area is 120 Å². The molecule has 0 amide bonds. The van der Waals surface area contributed by atoms with Crippen molar-refractivity contribution in [3.63, 3.8) is 0 Å². The SMILES string of the molecule is CN(Cc1ccc(F)c(C#N)c1)C1CCCCC1CN. The van der Waals surface area contributed by atoms with E-state index in [0.29, 0.717) is 12.0 Å². The topological polar surface area (TPSA) is 53.0 Å². The third-order valence-corrected chi connectivity index (χ3v) is 4.32. The number of rotatable bonds is 4. The molecule has 1 aromatic rings. The highest BCUT2D eigenvalue weighted by molar-refractivity contribution is 5.34. The average Bonchev–Trinajstić information content (AvgIpc) is 2.49. The van der Waals surface area contributed by atoms with Gasteiger partial charge in [-0.3, -0.25) is 4.90 Å². The fourth-order valence-electron chi connectivity index (χ4n) is 3.20. The van der Waals surface area contributed by atoms with E-state index in [-0.39, 0.29) is 5.56 Å². The number of nitrogens with two attached hydrogens (primary N) is 1. The van der Waals surface area contributed by atoms with Crippen LogP contribution in [0.5, 0.6) is 0 Å². The van der Waals surface area contributed by atoms with Crippen molar-refractivity contribution >= 4 is 0 Å². The lowest BCUT2D eigenvalue weighted by Gasteiger charge is -2.37. The van der Waals surface area contributed by atoms with Crippen LogP contribution in [0.4, 0.5) is 4.39 Å². The lowest BCUT2D eigenvalue weighted by Crippen LogP contribution is -2.42. The maximum Gasteiger partial charge on any atom is 0.140 e. The fraction of sp³-hybridized carbons (Fsp3) is 0.562. The largest absolute Gasteiger partial charge is 0.330 e. The van der Waals surface area contributed by atoms with Gasteiger partial charge in [-0.15, -0.1) is 0 Å². The van der Waals surface area contributed by atoms with Gasteiger partial charge in [0.05, 0.1) is 5.56 Å². The zero-order valence-corrected chi connectivity index (χ0v) is 12.0. The highest BCUT2D eigenvalue weighted by Crippen LogP contribution is 2.28. The van der Waals surface area contributed by atoms with Crippen molar-refractivity contribution in [3.8, 4) is 6.07 Å². The van der Waals surface area contributed by atoms with Gasteiger partial charge in [-0.05, 0) is 50.0 Å². The quantitative estimate of drug-likeness (QED) is 0.919. The second-order valence-electron chi connectivity index (χ2n) is 5.69. The zero-order chi connectivity index (χ0) is 14.5. The maximum absolute atomic E-state index is 13.3. The lowest BCUT2D eigenvalue weighted by molar-refractivity contribution is 0.127. The zero-order valence-electron chi connectivity index (χ0n) is 12.0. The molecule has 0 bridgehead atoms. The van der Waals surface area contributed by atoms with Crippen LogP contribution in [0.1, 0.15) is 36.8 Å². The van der Waals surface area contributed by atoms with Gasteiger partial charge in [-0.2, -0.15) is 5.26 Å². The molecule has 0 radical (unpaired) electrons. The van der Waals surface area contributed by atoms with Crippen molar-refractivity contribution in [1.29, 1.82) is 5.26 Å². The predicted octanol–water partition coefficient (Wildman–Crippen LogP) is 2.65. The van der Waals surface area contributed by atoms with Gasteiger partial charge in [0.2, 0.25) is 0 Å². The molecule has 1 aliphatic rings. The summed E-state index contributed by atoms with van der Waals surface area (Å²) in [6.07, 6.45) is 4.88. The molecule has 1 aromatic carbocycles. The third kappa shape index (κ3) is 3.36. The number of hydrogen-bond donors (Lipinski definition) is 1. The van der Waals surface area contributed by atoms with Crippen molar-refractivity contribution in [2.24, 2.45) is 11.7 Å². The summed E-state index contributed by atoms with van der Waals surface area (Å²) in [6, 6.07) is 7.16. The molecule has 1 aliphatic carbocycles. The number of benzene rings is 1. The van der Waals surface area contributed by atoms with E-state index in [2.05, 4.69) is 11.9 Å². The molecule has 0 saturated heterocycles. The first kappa shape index (κ1) is 15.0. The van der Waals surface area contributed by atoms with E-state index in [9.17, 15) is 4.39 Å². The van der Waals surface area contributed by atoms with Crippen LogP contribution < -0.4 is 5.73 Å². The molecule has 0 spiro atoms. The van der Waals surface area contributed by atoms with Gasteiger partial charge in [0.1, 0.15) is 11.9 Å². The van der Waals surface area contributed by atoms with E-state index in [1.807, 2.05) is 6.07 Å². The minimum Gasteiger partial charge on any atom is -0.330 e. The van der Waals surface area contributed by atoms with Crippen molar-refractivity contribution in [2.45, 2.75) is 38.3 Å². The maximum atomic E-state index is 13.3. The Bertz CT molecular complexity index is 495. The normalized spacial score (nSPS) is 22.8. The van der Waals surface area contributed by atoms with E-state index < -0.39 is 5.82 Å². The molecule has 108 valence electrons. The van der Waals surface area contributed by atoms with Gasteiger partial charge in [0, 0.05) is 12.6 Å². The third-order valence-electron chi connectivity index (χ3n) is 4.32. The van der Waals surface area contributed by atoms with Gasteiger partial charge in [-0.1, -0.05) is 18.9 Å². The summed E-state index contributed by atoms with van der Waals surface area (Å²) in [5.74, 6) is 0.0982. The van der Waals surface area contributed by atoms with Gasteiger partial charge >= 0.3 is 0 Å². The van der Waals surface area contributed by atoms with E-state index in [1.54, 1.807) is 12.1 Å². The monoisotopic (exact) mass is 275 g/mol. The molecule has 2 N–H and O–H groups in total. The summed E-state index contributed by atoms with van der Waals surface area (Å²) in [5.41, 5.74) is 6.97. The number of nitriles is 1. The Morgan fingerprint density at radius 2 is 2.15 bits per heavy atom. The van der Waals surface area contributed by atoms with E-state index >= 15 is 0 Å². The summed E-state index contributed by atoms with van der Waals surface area (Å²) >= 11 is 0. The first-order chi connectivity index (χ1) is 9.65. The molecule has 2 atom stereocenters. The van der Waals surface area contributed by atoms with Crippen molar-refractivity contribution < 1.29 is 4.39 Å². The first-order valence-electron chi connectivity index (χ1n) is 7.24. The van der Waals surface area contributed by atoms with Crippen LogP contribution in [0.15, 0.2) is 18.2 Å². The van der Waals surface area contributed by atoms with Gasteiger partial charge in [-0.25, -0.2) is 4.39 Å². The molecule has 0 aromatic heterocycles. The van der Waals surface area contributed by atoms with Crippen LogP contribution in [-0.4, -0.2) is 24.5 Å². The van der Waals surface area contributed by atoms with Gasteiger partial charge in [0.25, 0.3) is 0 Å². The molecule has 4 heteroatoms. The lowest BCUT2D eigenvalue weighted by atomic mass is 9.83. The molecule has 3 nitrogen and oxygen atoms in total. The summed E-state index contributed by atoms with van der Waals surface area (Å²) in [5, 5.41) is 8.89. The molecular formula is C16H22FN3. The molecule has 1 saturated carbocycles. The Kier molecular flexibility index (Phi) is 5.11. The highest BCUT2D eigenvalue weighted by atomic mass is 19.1. The molecule has 2 rings (SSSR count). The van der Waals surface area contributed by atoms with Crippen LogP contribution in [-0.2, 0) is 6.54 Å². The summed E-state index contributed by atoms with van der Waals surface area (Å²) in [7, 11) is 2.09. The minimum absolute atomic E-state index is 0.120. The Morgan fingerprint density at radius 3 is 2.85 bits per heavy atom. The summed E-state index contributed by atoms with van der Waals surface area (Å²) in [4.78, 5) is 2.30. The number of nitrogens with zero attached hydrogens (tertiary/aromatic N) is 2. The van der Waals surface area contributed by atoms with Gasteiger partial charge < -0.3 is 5.73 Å². The predicted molar refractivity (Wildman–Crippen MR) is 77.4 cm³/mol. The number of hydrogen-bond acceptors (Lipinski definition) is 3. The number of halogens is 1. The smallest absolute Gasteiger partial charge is 0.140 e. The van der Waals surface area contributed by atoms with Gasteiger partial charge in [0.15, 0.2) is 0 Å². The Hall–Kier alpha value is -1.44. The molecule has 2 unspecified atom stereocenters. The minimum atomic E-state index is -0.448. The second-order valence-corrected chi connectivity index (χ2v) is 5.69. The van der Waals surface area contributed by atoms with E-state index in [0.717, 1.165) is 18.7 Å². The Balaban J connectivity index is 2.07. The molecule has 20 heavy (non-hydrogen) atoms. The van der Waals surface area contributed by atoms with Crippen molar-refractivity contribution in [2.75, 3.05) is 13.6 Å². The molecule has 0 aliphatic heterocycles. The van der Waals surface area contributed by atoms with Crippen molar-refractivity contribution in [1.82, 2.24) is 4.90 Å². The molecule has 0 heterocycles. The van der Waals surface area contributed by atoms with Crippen LogP contribution >= 0.6 is 0 Å². The summed E-state index contributed by atoms with van der Waals surface area (Å²) in [6.45, 7) is 1.46. The standard InChI is InChI=1S/C16H22FN3/c1-20(16-5-3-2-4-13(16)9-18)11-12-6-7-15(17)14(8-12)10-19/h6-8,13,16H,2-5,9,11,18H2,1H3. The average molecular weight is 275 g/mol. The Morgan fingerprint density at radius 1 is 1.40 bits per heavy atom. The van der Waals surface area contributed by atoms with Crippen molar-refractivity contribution in [3.05, 3.63) is 35.1 Å². The second kappa shape index (κ2) is 6.83. The molecular weight excluding hydrogens is 253 g/mol. The van der Waals surface area contributed by atoms with Crippen LogP contribution in [0.3, 0.4) is 0 Å². The highest BCUT2D eigenvalue weighted by Gasteiger charge is 2.27. The van der Waals surface area contributed by atoms with Crippen LogP contribution in [0, 0.1) is 23.1 Å². The summed E-state index contributed by atoms with van der Waals surface area (Å²) < 4.78 is 13.3. The van der Waals surface area contributed by atoms with E-state index in [4.69, 9.17) is 11.0 Å². The first-order valence-corrected chi connectivity index (χ1v) is 7.24. The van der Waals surface area contributed by atoms with Crippen LogP contribution in [0.2, 0.25) is 0 Å². The van der Waals surface area contributed by atoms with E-state index in [1.165, 1.54) is 31.7 Å².